The predicted octanol–water partition coefficient (Wildman–Crippen LogP) is 3.99. The fourth-order valence-electron chi connectivity index (χ4n) is 2.77. The van der Waals surface area contributed by atoms with Gasteiger partial charge in [-0.15, -0.1) is 0 Å². The van der Waals surface area contributed by atoms with E-state index in [1.807, 2.05) is 30.3 Å². The lowest BCUT2D eigenvalue weighted by molar-refractivity contribution is 0.104. The summed E-state index contributed by atoms with van der Waals surface area (Å²) in [7, 11) is 0. The summed E-state index contributed by atoms with van der Waals surface area (Å²) in [5.74, 6) is 0.899. The molecule has 3 nitrogen and oxygen atoms in total. The second-order valence-corrected chi connectivity index (χ2v) is 5.58. The molecule has 4 rings (SSSR count). The summed E-state index contributed by atoms with van der Waals surface area (Å²) in [4.78, 5) is 15.8. The number of carbonyl (C=O) groups is 1. The van der Waals surface area contributed by atoms with Crippen molar-refractivity contribution in [1.29, 1.82) is 0 Å². The average molecular weight is 298 g/mol. The van der Waals surface area contributed by atoms with Crippen molar-refractivity contribution < 1.29 is 9.53 Å². The van der Waals surface area contributed by atoms with Crippen LogP contribution in [0.25, 0.3) is 10.9 Å². The molecule has 0 bridgehead atoms. The molecule has 0 atom stereocenters. The summed E-state index contributed by atoms with van der Waals surface area (Å²) < 4.78 is 5.48. The van der Waals surface area contributed by atoms with Gasteiger partial charge in [-0.25, -0.2) is 0 Å². The van der Waals surface area contributed by atoms with E-state index in [0.29, 0.717) is 22.8 Å². The highest BCUT2D eigenvalue weighted by molar-refractivity contribution is 6.31. The van der Waals surface area contributed by atoms with E-state index in [9.17, 15) is 4.79 Å². The van der Waals surface area contributed by atoms with Crippen molar-refractivity contribution in [3.05, 3.63) is 64.3 Å². The molecule has 21 heavy (non-hydrogen) atoms. The number of nitrogens with one attached hydrogen (secondary N) is 1. The molecule has 1 aliphatic rings. The fraction of sp³-hybridized carbons (Fsp3) is 0.118. The molecular formula is C17H12ClNO2. The van der Waals surface area contributed by atoms with E-state index in [1.54, 1.807) is 12.3 Å². The number of H-pyrrole nitrogens is 1. The van der Waals surface area contributed by atoms with Gasteiger partial charge < -0.3 is 9.72 Å². The normalized spacial score (nSPS) is 13.2. The lowest BCUT2D eigenvalue weighted by Gasteiger charge is -2.03. The third kappa shape index (κ3) is 2.01. The molecule has 4 heteroatoms. The van der Waals surface area contributed by atoms with Crippen molar-refractivity contribution >= 4 is 28.3 Å². The highest BCUT2D eigenvalue weighted by atomic mass is 35.5. The molecule has 1 N–H and O–H groups in total. The topological polar surface area (TPSA) is 42.1 Å². The van der Waals surface area contributed by atoms with Gasteiger partial charge in [-0.05, 0) is 35.9 Å². The summed E-state index contributed by atoms with van der Waals surface area (Å²) >= 11 is 5.97. The number of hydrogen-bond donors (Lipinski definition) is 1. The van der Waals surface area contributed by atoms with Crippen LogP contribution in [0.3, 0.4) is 0 Å². The van der Waals surface area contributed by atoms with Crippen LogP contribution in [0.5, 0.6) is 5.75 Å². The Labute approximate surface area is 126 Å². The SMILES string of the molecule is O=C(c1ccc2c(c1)CCO2)c1c[nH]c2cc(Cl)ccc12. The van der Waals surface area contributed by atoms with Crippen LogP contribution in [0.15, 0.2) is 42.6 Å². The molecule has 2 aromatic carbocycles. The minimum absolute atomic E-state index is 0.0123. The number of rotatable bonds is 2. The monoisotopic (exact) mass is 297 g/mol. The Balaban J connectivity index is 1.79. The van der Waals surface area contributed by atoms with Crippen LogP contribution in [0.2, 0.25) is 5.02 Å². The Morgan fingerprint density at radius 1 is 1.19 bits per heavy atom. The van der Waals surface area contributed by atoms with Gasteiger partial charge in [-0.3, -0.25) is 4.79 Å². The first-order chi connectivity index (χ1) is 10.2. The van der Waals surface area contributed by atoms with Crippen LogP contribution < -0.4 is 4.74 Å². The molecule has 2 heterocycles. The maximum absolute atomic E-state index is 12.7. The van der Waals surface area contributed by atoms with Gasteiger partial charge in [0.25, 0.3) is 0 Å². The van der Waals surface area contributed by atoms with Crippen LogP contribution >= 0.6 is 11.6 Å². The van der Waals surface area contributed by atoms with E-state index in [0.717, 1.165) is 28.6 Å². The number of aromatic amines is 1. The zero-order chi connectivity index (χ0) is 14.4. The molecule has 3 aromatic rings. The predicted molar refractivity (Wildman–Crippen MR) is 82.4 cm³/mol. The molecule has 0 spiro atoms. The summed E-state index contributed by atoms with van der Waals surface area (Å²) in [6.45, 7) is 0.693. The van der Waals surface area contributed by atoms with Gasteiger partial charge in [-0.1, -0.05) is 17.7 Å². The Kier molecular flexibility index (Phi) is 2.76. The largest absolute Gasteiger partial charge is 0.493 e. The Hall–Kier alpha value is -2.26. The van der Waals surface area contributed by atoms with E-state index in [4.69, 9.17) is 16.3 Å². The zero-order valence-corrected chi connectivity index (χ0v) is 11.9. The van der Waals surface area contributed by atoms with Gasteiger partial charge >= 0.3 is 0 Å². The van der Waals surface area contributed by atoms with Crippen LogP contribution in [0.1, 0.15) is 21.5 Å². The number of halogens is 1. The molecule has 0 amide bonds. The molecule has 0 saturated carbocycles. The average Bonchev–Trinajstić information content (AvgIpc) is 3.11. The molecule has 104 valence electrons. The molecule has 0 radical (unpaired) electrons. The first-order valence-electron chi connectivity index (χ1n) is 6.79. The van der Waals surface area contributed by atoms with Crippen LogP contribution in [0.4, 0.5) is 0 Å². The lowest BCUT2D eigenvalue weighted by atomic mass is 10.00. The van der Waals surface area contributed by atoms with Gasteiger partial charge in [0.2, 0.25) is 0 Å². The molecule has 0 aliphatic carbocycles. The van der Waals surface area contributed by atoms with E-state index in [2.05, 4.69) is 4.98 Å². The summed E-state index contributed by atoms with van der Waals surface area (Å²) in [6, 6.07) is 11.1. The quantitative estimate of drug-likeness (QED) is 0.727. The van der Waals surface area contributed by atoms with E-state index in [1.165, 1.54) is 0 Å². The van der Waals surface area contributed by atoms with Crippen molar-refractivity contribution in [1.82, 2.24) is 4.98 Å². The second kappa shape index (κ2) is 4.64. The van der Waals surface area contributed by atoms with Gasteiger partial charge in [0.1, 0.15) is 5.75 Å². The van der Waals surface area contributed by atoms with E-state index in [-0.39, 0.29) is 5.78 Å². The van der Waals surface area contributed by atoms with Gasteiger partial charge in [-0.2, -0.15) is 0 Å². The molecule has 1 aliphatic heterocycles. The minimum atomic E-state index is 0.0123. The maximum Gasteiger partial charge on any atom is 0.195 e. The fourth-order valence-corrected chi connectivity index (χ4v) is 2.94. The zero-order valence-electron chi connectivity index (χ0n) is 11.2. The lowest BCUT2D eigenvalue weighted by Crippen LogP contribution is -2.00. The van der Waals surface area contributed by atoms with Crippen LogP contribution in [-0.4, -0.2) is 17.4 Å². The Morgan fingerprint density at radius 2 is 2.10 bits per heavy atom. The van der Waals surface area contributed by atoms with Gasteiger partial charge in [0.05, 0.1) is 6.61 Å². The summed E-state index contributed by atoms with van der Waals surface area (Å²) in [6.07, 6.45) is 2.60. The van der Waals surface area contributed by atoms with Crippen molar-refractivity contribution in [2.75, 3.05) is 6.61 Å². The number of carbonyl (C=O) groups excluding carboxylic acids is 1. The van der Waals surface area contributed by atoms with Gasteiger partial charge in [0, 0.05) is 39.7 Å². The van der Waals surface area contributed by atoms with Gasteiger partial charge in [0.15, 0.2) is 5.78 Å². The number of benzene rings is 2. The number of ether oxygens (including phenoxy) is 1. The molecular weight excluding hydrogens is 286 g/mol. The number of fused-ring (bicyclic) bond motifs is 2. The summed E-state index contributed by atoms with van der Waals surface area (Å²) in [5.41, 5.74) is 3.33. The van der Waals surface area contributed by atoms with Crippen molar-refractivity contribution in [3.8, 4) is 5.75 Å². The third-order valence-electron chi connectivity index (χ3n) is 3.84. The maximum atomic E-state index is 12.7. The smallest absolute Gasteiger partial charge is 0.195 e. The van der Waals surface area contributed by atoms with E-state index >= 15 is 0 Å². The Morgan fingerprint density at radius 3 is 3.00 bits per heavy atom. The van der Waals surface area contributed by atoms with Crippen molar-refractivity contribution in [2.45, 2.75) is 6.42 Å². The molecule has 1 aromatic heterocycles. The van der Waals surface area contributed by atoms with Crippen LogP contribution in [-0.2, 0) is 6.42 Å². The highest BCUT2D eigenvalue weighted by Crippen LogP contribution is 2.28. The third-order valence-corrected chi connectivity index (χ3v) is 4.08. The first-order valence-corrected chi connectivity index (χ1v) is 7.17. The molecule has 0 unspecified atom stereocenters. The number of hydrogen-bond acceptors (Lipinski definition) is 2. The second-order valence-electron chi connectivity index (χ2n) is 5.14. The minimum Gasteiger partial charge on any atom is -0.493 e. The van der Waals surface area contributed by atoms with Crippen molar-refractivity contribution in [2.24, 2.45) is 0 Å². The van der Waals surface area contributed by atoms with Crippen LogP contribution in [0, 0.1) is 0 Å². The standard InChI is InChI=1S/C17H12ClNO2/c18-12-2-3-13-14(9-19-15(13)8-12)17(20)11-1-4-16-10(7-11)5-6-21-16/h1-4,7-9,19H,5-6H2. The highest BCUT2D eigenvalue weighted by Gasteiger charge is 2.18. The summed E-state index contributed by atoms with van der Waals surface area (Å²) in [5, 5.41) is 1.54. The Bertz CT molecular complexity index is 866. The van der Waals surface area contributed by atoms with E-state index < -0.39 is 0 Å². The van der Waals surface area contributed by atoms with Crippen molar-refractivity contribution in [3.63, 3.8) is 0 Å². The molecule has 0 saturated heterocycles. The first kappa shape index (κ1) is 12.5. The number of aromatic nitrogens is 1. The molecule has 0 fully saturated rings. The number of ketones is 1.